The Hall–Kier alpha value is -2.66. The number of hydrogen-bond acceptors (Lipinski definition) is 0. The monoisotopic (exact) mass is 484 g/mol. The van der Waals surface area contributed by atoms with Crippen molar-refractivity contribution in [1.29, 1.82) is 0 Å². The number of rotatable bonds is 18. The van der Waals surface area contributed by atoms with E-state index in [1.54, 1.807) is 0 Å². The van der Waals surface area contributed by atoms with E-state index in [1.165, 1.54) is 104 Å². The van der Waals surface area contributed by atoms with E-state index in [2.05, 4.69) is 80.0 Å². The van der Waals surface area contributed by atoms with E-state index in [9.17, 15) is 0 Å². The molecule has 2 aromatic carbocycles. The van der Waals surface area contributed by atoms with E-state index in [4.69, 9.17) is 5.53 Å². The van der Waals surface area contributed by atoms with Crippen molar-refractivity contribution in [3.8, 4) is 0 Å². The van der Waals surface area contributed by atoms with Crippen LogP contribution in [-0.2, 0) is 12.8 Å². The van der Waals surface area contributed by atoms with Gasteiger partial charge in [-0.15, -0.1) is 4.79 Å². The molecule has 0 aliphatic rings. The molecule has 0 aromatic heterocycles. The normalized spacial score (nSPS) is 11.5. The van der Waals surface area contributed by atoms with Crippen molar-refractivity contribution in [3.05, 3.63) is 88.0 Å². The van der Waals surface area contributed by atoms with Crippen molar-refractivity contribution < 1.29 is 4.79 Å². The van der Waals surface area contributed by atoms with Gasteiger partial charge in [0, 0.05) is 0 Å². The number of hydrogen-bond donors (Lipinski definition) is 0. The van der Waals surface area contributed by atoms with Crippen LogP contribution in [0.4, 0.5) is 0 Å². The van der Waals surface area contributed by atoms with E-state index >= 15 is 0 Å². The van der Waals surface area contributed by atoms with Crippen LogP contribution in [-0.4, -0.2) is 10.7 Å². The van der Waals surface area contributed by atoms with Gasteiger partial charge in [0.25, 0.3) is 5.87 Å². The fourth-order valence-corrected chi connectivity index (χ4v) is 4.82. The highest BCUT2D eigenvalue weighted by Gasteiger charge is 2.12. The SMILES string of the molecule is CCCCCCCCC(C=C=[N+]=[N-])=C(c1ccc(CCCC)cc1)c1ccc(CCCCCC)cc1. The third-order valence-electron chi connectivity index (χ3n) is 7.04. The van der Waals surface area contributed by atoms with Gasteiger partial charge in [-0.1, -0.05) is 127 Å². The quantitative estimate of drug-likeness (QED) is 0.0663. The topological polar surface area (TPSA) is 36.4 Å². The maximum absolute atomic E-state index is 9.14. The van der Waals surface area contributed by atoms with Crippen LogP contribution in [0.1, 0.15) is 126 Å². The standard InChI is InChI=1S/C34H48N2/c1-4-7-10-12-13-15-18-31(27-28-36-35)34(32-23-19-29(20-24-32)16-9-6-3)33-25-21-30(22-26-33)17-14-11-8-5-2/h19-27H,4-18H2,1-3H3. The second-order valence-corrected chi connectivity index (χ2v) is 10.1. The van der Waals surface area contributed by atoms with Gasteiger partial charge in [0.1, 0.15) is 0 Å². The smallest absolute Gasteiger partial charge is 0.299 e. The Morgan fingerprint density at radius 3 is 1.64 bits per heavy atom. The third kappa shape index (κ3) is 10.9. The summed E-state index contributed by atoms with van der Waals surface area (Å²) >= 11 is 0. The summed E-state index contributed by atoms with van der Waals surface area (Å²) in [6.45, 7) is 6.76. The highest BCUT2D eigenvalue weighted by Crippen LogP contribution is 2.31. The Bertz CT molecular complexity index is 969. The lowest BCUT2D eigenvalue weighted by molar-refractivity contribution is 0.00800. The minimum atomic E-state index is 0.959. The summed E-state index contributed by atoms with van der Waals surface area (Å²) in [4.78, 5) is 3.18. The van der Waals surface area contributed by atoms with Crippen LogP contribution in [0, 0.1) is 0 Å². The van der Waals surface area contributed by atoms with Crippen molar-refractivity contribution in [2.45, 2.75) is 117 Å². The highest BCUT2D eigenvalue weighted by molar-refractivity contribution is 5.85. The largest absolute Gasteiger partial charge is 0.348 e. The van der Waals surface area contributed by atoms with Crippen LogP contribution in [0.5, 0.6) is 0 Å². The molecule has 0 bridgehead atoms. The summed E-state index contributed by atoms with van der Waals surface area (Å²) in [6, 6.07) is 18.2. The fourth-order valence-electron chi connectivity index (χ4n) is 4.82. The van der Waals surface area contributed by atoms with Crippen molar-refractivity contribution >= 4 is 11.4 Å². The molecule has 0 aliphatic heterocycles. The van der Waals surface area contributed by atoms with Gasteiger partial charge in [-0.3, -0.25) is 0 Å². The molecule has 0 saturated heterocycles. The average molecular weight is 485 g/mol. The van der Waals surface area contributed by atoms with Gasteiger partial charge in [-0.05, 0) is 71.9 Å². The van der Waals surface area contributed by atoms with Crippen LogP contribution in [0.2, 0.25) is 0 Å². The maximum atomic E-state index is 9.14. The average Bonchev–Trinajstić information content (AvgIpc) is 2.91. The third-order valence-corrected chi connectivity index (χ3v) is 7.04. The molecule has 194 valence electrons. The summed E-state index contributed by atoms with van der Waals surface area (Å²) in [5.41, 5.74) is 16.8. The van der Waals surface area contributed by atoms with E-state index in [0.29, 0.717) is 0 Å². The summed E-state index contributed by atoms with van der Waals surface area (Å²) in [5.74, 6) is 2.72. The molecular weight excluding hydrogens is 436 g/mol. The molecule has 0 radical (unpaired) electrons. The van der Waals surface area contributed by atoms with E-state index in [-0.39, 0.29) is 0 Å². The molecule has 2 nitrogen and oxygen atoms in total. The van der Waals surface area contributed by atoms with Crippen LogP contribution >= 0.6 is 0 Å². The molecule has 2 heteroatoms. The van der Waals surface area contributed by atoms with Gasteiger partial charge in [0.05, 0.1) is 6.08 Å². The molecule has 0 atom stereocenters. The first-order valence-electron chi connectivity index (χ1n) is 14.6. The zero-order chi connectivity index (χ0) is 25.8. The highest BCUT2D eigenvalue weighted by atomic mass is 14.8. The Morgan fingerprint density at radius 1 is 0.639 bits per heavy atom. The number of unbranched alkanes of at least 4 members (excludes halogenated alkanes) is 9. The molecule has 2 rings (SSSR count). The van der Waals surface area contributed by atoms with E-state index < -0.39 is 0 Å². The number of allylic oxidation sites excluding steroid dienone is 2. The number of aryl methyl sites for hydroxylation is 2. The van der Waals surface area contributed by atoms with Crippen molar-refractivity contribution in [2.75, 3.05) is 0 Å². The Labute approximate surface area is 221 Å². The van der Waals surface area contributed by atoms with Crippen LogP contribution in [0.15, 0.2) is 60.2 Å². The Balaban J connectivity index is 2.36. The fraction of sp³-hybridized carbons (Fsp3) is 0.529. The molecule has 0 fully saturated rings. The molecular formula is C34H48N2. The molecule has 0 unspecified atom stereocenters. The second kappa shape index (κ2) is 18.6. The maximum Gasteiger partial charge on any atom is 0.299 e. The molecule has 0 heterocycles. The summed E-state index contributed by atoms with van der Waals surface area (Å²) in [7, 11) is 0. The summed E-state index contributed by atoms with van der Waals surface area (Å²) in [6.07, 6.45) is 20.3. The minimum absolute atomic E-state index is 0.959. The van der Waals surface area contributed by atoms with Gasteiger partial charge in [0.2, 0.25) is 0 Å². The first kappa shape index (κ1) is 29.6. The van der Waals surface area contributed by atoms with Crippen LogP contribution < -0.4 is 0 Å². The van der Waals surface area contributed by atoms with Crippen LogP contribution in [0.25, 0.3) is 11.1 Å². The number of nitrogens with zero attached hydrogens (tertiary/aromatic N) is 2. The lowest BCUT2D eigenvalue weighted by Crippen LogP contribution is -1.97. The predicted octanol–water partition coefficient (Wildman–Crippen LogP) is 10.2. The lowest BCUT2D eigenvalue weighted by Gasteiger charge is -2.15. The predicted molar refractivity (Wildman–Crippen MR) is 157 cm³/mol. The van der Waals surface area contributed by atoms with Crippen molar-refractivity contribution in [3.63, 3.8) is 0 Å². The van der Waals surface area contributed by atoms with Crippen LogP contribution in [0.3, 0.4) is 0 Å². The van der Waals surface area contributed by atoms with Gasteiger partial charge >= 0.3 is 0 Å². The molecule has 36 heavy (non-hydrogen) atoms. The summed E-state index contributed by atoms with van der Waals surface area (Å²) in [5, 5.41) is 0. The molecule has 0 N–H and O–H groups in total. The zero-order valence-electron chi connectivity index (χ0n) is 23.2. The van der Waals surface area contributed by atoms with Crippen molar-refractivity contribution in [1.82, 2.24) is 0 Å². The van der Waals surface area contributed by atoms with E-state index in [0.717, 1.165) is 25.7 Å². The van der Waals surface area contributed by atoms with Gasteiger partial charge in [0.15, 0.2) is 0 Å². The molecule has 2 aromatic rings. The molecule has 0 amide bonds. The molecule has 0 saturated carbocycles. The Morgan fingerprint density at radius 2 is 1.11 bits per heavy atom. The lowest BCUT2D eigenvalue weighted by atomic mass is 9.89. The molecule has 0 spiro atoms. The van der Waals surface area contributed by atoms with Gasteiger partial charge in [-0.25, -0.2) is 0 Å². The Kier molecular flexibility index (Phi) is 15.3. The van der Waals surface area contributed by atoms with E-state index in [1.807, 2.05) is 6.08 Å². The minimum Gasteiger partial charge on any atom is -0.348 e. The second-order valence-electron chi connectivity index (χ2n) is 10.1. The zero-order valence-corrected chi connectivity index (χ0v) is 23.2. The first-order valence-corrected chi connectivity index (χ1v) is 14.6. The first-order chi connectivity index (χ1) is 17.7. The van der Waals surface area contributed by atoms with Crippen molar-refractivity contribution in [2.24, 2.45) is 0 Å². The summed E-state index contributed by atoms with van der Waals surface area (Å²) < 4.78 is 0. The van der Waals surface area contributed by atoms with Gasteiger partial charge < -0.3 is 5.53 Å². The van der Waals surface area contributed by atoms with Gasteiger partial charge in [-0.2, -0.15) is 0 Å². The molecule has 0 aliphatic carbocycles. The number of benzene rings is 2.